The van der Waals surface area contributed by atoms with E-state index in [9.17, 15) is 14.9 Å². The summed E-state index contributed by atoms with van der Waals surface area (Å²) in [6, 6.07) is 14.9. The second kappa shape index (κ2) is 7.62. The van der Waals surface area contributed by atoms with E-state index >= 15 is 0 Å². The Bertz CT molecular complexity index is 872. The first kappa shape index (κ1) is 18.5. The number of anilines is 1. The summed E-state index contributed by atoms with van der Waals surface area (Å²) in [6.45, 7) is 2.32. The van der Waals surface area contributed by atoms with E-state index in [4.69, 9.17) is 0 Å². The Morgan fingerprint density at radius 3 is 2.39 bits per heavy atom. The van der Waals surface area contributed by atoms with Crippen molar-refractivity contribution >= 4 is 17.3 Å². The summed E-state index contributed by atoms with van der Waals surface area (Å²) in [5.74, 6) is -0.229. The lowest BCUT2D eigenvalue weighted by molar-refractivity contribution is -0.384. The molecule has 1 aliphatic heterocycles. The first-order chi connectivity index (χ1) is 13.6. The number of non-ortho nitro benzene ring substituents is 1. The lowest BCUT2D eigenvalue weighted by Crippen LogP contribution is -2.45. The number of hydrogen-bond acceptors (Lipinski definition) is 4. The molecule has 2 fully saturated rings. The van der Waals surface area contributed by atoms with Gasteiger partial charge in [-0.3, -0.25) is 14.9 Å². The van der Waals surface area contributed by atoms with Gasteiger partial charge < -0.3 is 10.2 Å². The highest BCUT2D eigenvalue weighted by atomic mass is 16.6. The van der Waals surface area contributed by atoms with Gasteiger partial charge in [0.2, 0.25) is 0 Å². The molecular formula is C22H25N3O3. The molecule has 146 valence electrons. The van der Waals surface area contributed by atoms with Crippen LogP contribution >= 0.6 is 0 Å². The summed E-state index contributed by atoms with van der Waals surface area (Å²) in [5, 5.41) is 14.3. The summed E-state index contributed by atoms with van der Waals surface area (Å²) in [7, 11) is 0. The van der Waals surface area contributed by atoms with E-state index in [2.05, 4.69) is 22.3 Å². The molecule has 0 unspecified atom stereocenters. The van der Waals surface area contributed by atoms with E-state index in [1.165, 1.54) is 17.7 Å². The standard InChI is InChI=1S/C22H25N3O3/c26-21(23-16-22(11-6-12-22)17-7-2-1-3-8-17)19-15-18(25(27)28)9-10-20(19)24-13-4-5-14-24/h1-3,7-10,15H,4-6,11-14,16H2,(H,23,26). The third-order valence-corrected chi connectivity index (χ3v) is 6.17. The van der Waals surface area contributed by atoms with Gasteiger partial charge in [-0.1, -0.05) is 36.8 Å². The first-order valence-corrected chi connectivity index (χ1v) is 9.96. The van der Waals surface area contributed by atoms with Crippen LogP contribution in [0.15, 0.2) is 48.5 Å². The van der Waals surface area contributed by atoms with Gasteiger partial charge in [0.25, 0.3) is 11.6 Å². The van der Waals surface area contributed by atoms with Crippen molar-refractivity contribution in [1.29, 1.82) is 0 Å². The van der Waals surface area contributed by atoms with Crippen LogP contribution in [0.25, 0.3) is 0 Å². The normalized spacial score (nSPS) is 17.8. The van der Waals surface area contributed by atoms with Crippen molar-refractivity contribution in [3.63, 3.8) is 0 Å². The average Bonchev–Trinajstić information content (AvgIpc) is 3.22. The molecule has 1 saturated carbocycles. The van der Waals surface area contributed by atoms with E-state index in [1.807, 2.05) is 18.2 Å². The number of amides is 1. The van der Waals surface area contributed by atoms with E-state index in [0.717, 1.165) is 50.9 Å². The molecule has 4 rings (SSSR count). The molecule has 0 spiro atoms. The number of nitro groups is 1. The summed E-state index contributed by atoms with van der Waals surface area (Å²) in [4.78, 5) is 26.0. The van der Waals surface area contributed by atoms with Crippen molar-refractivity contribution in [3.05, 3.63) is 69.8 Å². The Kier molecular flexibility index (Phi) is 5.03. The smallest absolute Gasteiger partial charge is 0.270 e. The molecule has 2 aliphatic rings. The number of nitrogens with one attached hydrogen (secondary N) is 1. The Morgan fingerprint density at radius 2 is 1.79 bits per heavy atom. The predicted molar refractivity (Wildman–Crippen MR) is 109 cm³/mol. The molecule has 1 saturated heterocycles. The number of benzene rings is 2. The fourth-order valence-electron chi connectivity index (χ4n) is 4.36. The molecule has 0 radical (unpaired) electrons. The lowest BCUT2D eigenvalue weighted by atomic mass is 9.64. The summed E-state index contributed by atoms with van der Waals surface area (Å²) in [5.41, 5.74) is 2.38. The summed E-state index contributed by atoms with van der Waals surface area (Å²) < 4.78 is 0. The Labute approximate surface area is 164 Å². The zero-order valence-electron chi connectivity index (χ0n) is 15.9. The largest absolute Gasteiger partial charge is 0.371 e. The van der Waals surface area contributed by atoms with Crippen LogP contribution in [0.5, 0.6) is 0 Å². The van der Waals surface area contributed by atoms with Crippen LogP contribution in [0, 0.1) is 10.1 Å². The van der Waals surface area contributed by atoms with Gasteiger partial charge in [0.15, 0.2) is 0 Å². The van der Waals surface area contributed by atoms with Crippen LogP contribution in [-0.2, 0) is 5.41 Å². The Balaban J connectivity index is 1.57. The van der Waals surface area contributed by atoms with Gasteiger partial charge in [0, 0.05) is 37.2 Å². The van der Waals surface area contributed by atoms with E-state index < -0.39 is 4.92 Å². The molecule has 1 N–H and O–H groups in total. The fraction of sp³-hybridized carbons (Fsp3) is 0.409. The number of hydrogen-bond donors (Lipinski definition) is 1. The van der Waals surface area contributed by atoms with Crippen molar-refractivity contribution in [2.45, 2.75) is 37.5 Å². The highest BCUT2D eigenvalue weighted by Crippen LogP contribution is 2.43. The SMILES string of the molecule is O=C(NCC1(c2ccccc2)CCC1)c1cc([N+](=O)[O-])ccc1N1CCCC1. The molecule has 0 atom stereocenters. The fourth-order valence-corrected chi connectivity index (χ4v) is 4.36. The zero-order valence-corrected chi connectivity index (χ0v) is 15.9. The molecule has 2 aromatic rings. The van der Waals surface area contributed by atoms with E-state index in [-0.39, 0.29) is 17.0 Å². The van der Waals surface area contributed by atoms with Gasteiger partial charge in [-0.25, -0.2) is 0 Å². The average molecular weight is 379 g/mol. The van der Waals surface area contributed by atoms with Crippen molar-refractivity contribution in [2.24, 2.45) is 0 Å². The Hall–Kier alpha value is -2.89. The van der Waals surface area contributed by atoms with Crippen molar-refractivity contribution < 1.29 is 9.72 Å². The molecular weight excluding hydrogens is 354 g/mol. The highest BCUT2D eigenvalue weighted by Gasteiger charge is 2.39. The molecule has 28 heavy (non-hydrogen) atoms. The van der Waals surface area contributed by atoms with Crippen LogP contribution in [-0.4, -0.2) is 30.5 Å². The first-order valence-electron chi connectivity index (χ1n) is 9.96. The maximum Gasteiger partial charge on any atom is 0.270 e. The minimum Gasteiger partial charge on any atom is -0.371 e. The number of nitro benzene ring substituents is 1. The molecule has 6 heteroatoms. The van der Waals surface area contributed by atoms with Crippen LogP contribution in [0.3, 0.4) is 0 Å². The predicted octanol–water partition coefficient (Wildman–Crippen LogP) is 4.05. The third-order valence-electron chi connectivity index (χ3n) is 6.17. The van der Waals surface area contributed by atoms with Crippen LogP contribution in [0.2, 0.25) is 0 Å². The van der Waals surface area contributed by atoms with E-state index in [0.29, 0.717) is 12.1 Å². The zero-order chi connectivity index (χ0) is 19.6. The minimum atomic E-state index is -0.443. The van der Waals surface area contributed by atoms with Crippen LogP contribution < -0.4 is 10.2 Å². The monoisotopic (exact) mass is 379 g/mol. The number of nitrogens with zero attached hydrogens (tertiary/aromatic N) is 2. The third kappa shape index (κ3) is 3.46. The van der Waals surface area contributed by atoms with Crippen molar-refractivity contribution in [1.82, 2.24) is 5.32 Å². The second-order valence-corrected chi connectivity index (χ2v) is 7.84. The van der Waals surface area contributed by atoms with Gasteiger partial charge in [0.1, 0.15) is 0 Å². The number of carbonyl (C=O) groups is 1. The van der Waals surface area contributed by atoms with E-state index in [1.54, 1.807) is 6.07 Å². The number of carbonyl (C=O) groups excluding carboxylic acids is 1. The summed E-state index contributed by atoms with van der Waals surface area (Å²) >= 11 is 0. The number of rotatable bonds is 6. The molecule has 1 amide bonds. The molecule has 1 heterocycles. The Morgan fingerprint density at radius 1 is 1.07 bits per heavy atom. The molecule has 0 aromatic heterocycles. The van der Waals surface area contributed by atoms with Gasteiger partial charge in [-0.05, 0) is 37.3 Å². The topological polar surface area (TPSA) is 75.5 Å². The molecule has 2 aromatic carbocycles. The second-order valence-electron chi connectivity index (χ2n) is 7.84. The summed E-state index contributed by atoms with van der Waals surface area (Å²) in [6.07, 6.45) is 5.40. The quantitative estimate of drug-likeness (QED) is 0.607. The van der Waals surface area contributed by atoms with Gasteiger partial charge in [0.05, 0.1) is 16.2 Å². The maximum absolute atomic E-state index is 13.1. The lowest BCUT2D eigenvalue weighted by Gasteiger charge is -2.42. The molecule has 0 bridgehead atoms. The molecule has 1 aliphatic carbocycles. The minimum absolute atomic E-state index is 0.0224. The van der Waals surface area contributed by atoms with Gasteiger partial charge in [-0.2, -0.15) is 0 Å². The van der Waals surface area contributed by atoms with Gasteiger partial charge in [-0.15, -0.1) is 0 Å². The highest BCUT2D eigenvalue weighted by molar-refractivity contribution is 6.00. The van der Waals surface area contributed by atoms with Crippen LogP contribution in [0.1, 0.15) is 48.0 Å². The van der Waals surface area contributed by atoms with Crippen molar-refractivity contribution in [2.75, 3.05) is 24.5 Å². The van der Waals surface area contributed by atoms with Crippen LogP contribution in [0.4, 0.5) is 11.4 Å². The molecule has 6 nitrogen and oxygen atoms in total. The van der Waals surface area contributed by atoms with Crippen molar-refractivity contribution in [3.8, 4) is 0 Å². The maximum atomic E-state index is 13.1. The van der Waals surface area contributed by atoms with Gasteiger partial charge >= 0.3 is 0 Å².